The molecule has 0 saturated heterocycles. The van der Waals surface area contributed by atoms with E-state index in [2.05, 4.69) is 15.3 Å². The van der Waals surface area contributed by atoms with Crippen LogP contribution in [0, 0.1) is 6.92 Å². The molecule has 1 heterocycles. The third-order valence-electron chi connectivity index (χ3n) is 2.25. The first-order valence-corrected chi connectivity index (χ1v) is 5.09. The summed E-state index contributed by atoms with van der Waals surface area (Å²) in [5.41, 5.74) is 0.752. The Morgan fingerprint density at radius 2 is 2.00 bits per heavy atom. The third kappa shape index (κ3) is 2.57. The van der Waals surface area contributed by atoms with Crippen LogP contribution in [0.25, 0.3) is 0 Å². The van der Waals surface area contributed by atoms with Gasteiger partial charge in [-0.1, -0.05) is 18.2 Å². The lowest BCUT2D eigenvalue weighted by atomic mass is 10.2. The van der Waals surface area contributed by atoms with Crippen molar-refractivity contribution in [1.29, 1.82) is 0 Å². The number of nitrogens with one attached hydrogen (secondary N) is 2. The van der Waals surface area contributed by atoms with E-state index >= 15 is 0 Å². The van der Waals surface area contributed by atoms with Gasteiger partial charge in [0.1, 0.15) is 0 Å². The van der Waals surface area contributed by atoms with Gasteiger partial charge in [0, 0.05) is 17.3 Å². The minimum Gasteiger partial charge on any atom is -0.292 e. The van der Waals surface area contributed by atoms with Gasteiger partial charge in [-0.05, 0) is 19.1 Å². The summed E-state index contributed by atoms with van der Waals surface area (Å²) in [7, 11) is 0. The lowest BCUT2D eigenvalue weighted by molar-refractivity contribution is 0.102. The predicted molar refractivity (Wildman–Crippen MR) is 64.0 cm³/mol. The Kier molecular flexibility index (Phi) is 3.00. The van der Waals surface area contributed by atoms with Crippen LogP contribution >= 0.6 is 0 Å². The largest absolute Gasteiger partial charge is 0.292 e. The van der Waals surface area contributed by atoms with Crippen LogP contribution < -0.4 is 10.9 Å². The van der Waals surface area contributed by atoms with E-state index < -0.39 is 0 Å². The van der Waals surface area contributed by atoms with Gasteiger partial charge < -0.3 is 0 Å². The molecule has 5 heteroatoms. The van der Waals surface area contributed by atoms with Gasteiger partial charge in [0.25, 0.3) is 11.5 Å². The summed E-state index contributed by atoms with van der Waals surface area (Å²) in [4.78, 5) is 29.4. The average Bonchev–Trinajstić information content (AvgIpc) is 2.35. The van der Waals surface area contributed by atoms with Gasteiger partial charge in [0.15, 0.2) is 0 Å². The maximum Gasteiger partial charge on any atom is 0.257 e. The zero-order valence-electron chi connectivity index (χ0n) is 9.23. The number of rotatable bonds is 2. The molecule has 86 valence electrons. The normalized spacial score (nSPS) is 9.94. The smallest absolute Gasteiger partial charge is 0.257 e. The molecule has 5 nitrogen and oxygen atoms in total. The van der Waals surface area contributed by atoms with Gasteiger partial charge in [0.2, 0.25) is 5.95 Å². The fraction of sp³-hybridized carbons (Fsp3) is 0.0833. The molecule has 0 bridgehead atoms. The van der Waals surface area contributed by atoms with Crippen molar-refractivity contribution in [3.8, 4) is 0 Å². The number of benzene rings is 1. The first-order valence-electron chi connectivity index (χ1n) is 5.09. The molecule has 1 aromatic carbocycles. The van der Waals surface area contributed by atoms with E-state index in [4.69, 9.17) is 0 Å². The molecule has 2 rings (SSSR count). The zero-order chi connectivity index (χ0) is 12.3. The number of nitrogens with zero attached hydrogens (tertiary/aromatic N) is 1. The molecule has 0 aliphatic rings. The van der Waals surface area contributed by atoms with Crippen LogP contribution in [-0.4, -0.2) is 15.9 Å². The summed E-state index contributed by atoms with van der Waals surface area (Å²) >= 11 is 0. The predicted octanol–water partition coefficient (Wildman–Crippen LogP) is 1.33. The first-order chi connectivity index (χ1) is 8.16. The van der Waals surface area contributed by atoms with E-state index in [9.17, 15) is 9.59 Å². The Morgan fingerprint density at radius 3 is 2.65 bits per heavy atom. The summed E-state index contributed by atoms with van der Waals surface area (Å²) in [5, 5.41) is 2.52. The molecule has 1 aromatic heterocycles. The molecule has 0 fully saturated rings. The van der Waals surface area contributed by atoms with Gasteiger partial charge >= 0.3 is 0 Å². The van der Waals surface area contributed by atoms with Crippen LogP contribution in [0.3, 0.4) is 0 Å². The highest BCUT2D eigenvalue weighted by Crippen LogP contribution is 2.02. The molecule has 0 spiro atoms. The van der Waals surface area contributed by atoms with E-state index in [0.29, 0.717) is 11.1 Å². The van der Waals surface area contributed by atoms with Crippen molar-refractivity contribution in [2.24, 2.45) is 0 Å². The summed E-state index contributed by atoms with van der Waals surface area (Å²) < 4.78 is 0. The summed E-state index contributed by atoms with van der Waals surface area (Å²) in [5.74, 6) is -0.160. The summed E-state index contributed by atoms with van der Waals surface area (Å²) in [6.45, 7) is 1.65. The monoisotopic (exact) mass is 229 g/mol. The van der Waals surface area contributed by atoms with Gasteiger partial charge in [-0.3, -0.25) is 19.9 Å². The lowest BCUT2D eigenvalue weighted by Crippen LogP contribution is -2.19. The Hall–Kier alpha value is -2.43. The number of carbonyl (C=O) groups excluding carboxylic acids is 1. The fourth-order valence-electron chi connectivity index (χ4n) is 1.29. The highest BCUT2D eigenvalue weighted by atomic mass is 16.2. The van der Waals surface area contributed by atoms with Crippen molar-refractivity contribution in [2.75, 3.05) is 5.32 Å². The Bertz CT molecular complexity index is 590. The maximum atomic E-state index is 11.7. The second kappa shape index (κ2) is 4.61. The van der Waals surface area contributed by atoms with Crippen molar-refractivity contribution in [1.82, 2.24) is 9.97 Å². The molecule has 1 amide bonds. The minimum absolute atomic E-state index is 0.148. The molecular formula is C12H11N3O2. The van der Waals surface area contributed by atoms with Gasteiger partial charge in [-0.25, -0.2) is 4.98 Å². The Labute approximate surface area is 97.5 Å². The standard InChI is InChI=1S/C12H11N3O2/c1-8-7-13-12(14-10(8)16)15-11(17)9-5-3-2-4-6-9/h2-7H,1H3,(H2,13,14,15,16,17). The van der Waals surface area contributed by atoms with E-state index in [-0.39, 0.29) is 17.4 Å². The van der Waals surface area contributed by atoms with Crippen LogP contribution in [0.1, 0.15) is 15.9 Å². The maximum absolute atomic E-state index is 11.7. The van der Waals surface area contributed by atoms with Gasteiger partial charge in [-0.15, -0.1) is 0 Å². The second-order valence-corrected chi connectivity index (χ2v) is 3.56. The SMILES string of the molecule is Cc1cnc(NC(=O)c2ccccc2)[nH]c1=O. The molecular weight excluding hydrogens is 218 g/mol. The Balaban J connectivity index is 2.19. The molecule has 0 radical (unpaired) electrons. The quantitative estimate of drug-likeness (QED) is 0.815. The summed E-state index contributed by atoms with van der Waals surface area (Å²) in [6.07, 6.45) is 1.42. The van der Waals surface area contributed by atoms with Gasteiger partial charge in [0.05, 0.1) is 0 Å². The van der Waals surface area contributed by atoms with Crippen molar-refractivity contribution in [2.45, 2.75) is 6.92 Å². The topological polar surface area (TPSA) is 74.8 Å². The molecule has 2 aromatic rings. The number of hydrogen-bond acceptors (Lipinski definition) is 3. The molecule has 0 saturated carbocycles. The van der Waals surface area contributed by atoms with Gasteiger partial charge in [-0.2, -0.15) is 0 Å². The highest BCUT2D eigenvalue weighted by molar-refractivity contribution is 6.03. The number of anilines is 1. The molecule has 0 atom stereocenters. The first kappa shape index (κ1) is 11.1. The van der Waals surface area contributed by atoms with Crippen LogP contribution in [0.4, 0.5) is 5.95 Å². The zero-order valence-corrected chi connectivity index (χ0v) is 9.23. The van der Waals surface area contributed by atoms with Crippen molar-refractivity contribution >= 4 is 11.9 Å². The molecule has 17 heavy (non-hydrogen) atoms. The highest BCUT2D eigenvalue weighted by Gasteiger charge is 2.06. The van der Waals surface area contributed by atoms with E-state index in [1.807, 2.05) is 6.07 Å². The molecule has 0 aliphatic carbocycles. The lowest BCUT2D eigenvalue weighted by Gasteiger charge is -2.03. The second-order valence-electron chi connectivity index (χ2n) is 3.56. The van der Waals surface area contributed by atoms with Crippen molar-refractivity contribution in [3.63, 3.8) is 0 Å². The number of aromatic nitrogens is 2. The molecule has 0 aliphatic heterocycles. The number of carbonyl (C=O) groups is 1. The number of H-pyrrole nitrogens is 1. The van der Waals surface area contributed by atoms with Crippen molar-refractivity contribution < 1.29 is 4.79 Å². The van der Waals surface area contributed by atoms with Crippen LogP contribution in [0.15, 0.2) is 41.3 Å². The Morgan fingerprint density at radius 1 is 1.29 bits per heavy atom. The van der Waals surface area contributed by atoms with Crippen LogP contribution in [-0.2, 0) is 0 Å². The van der Waals surface area contributed by atoms with E-state index in [1.165, 1.54) is 6.20 Å². The summed E-state index contributed by atoms with van der Waals surface area (Å²) in [6, 6.07) is 8.71. The van der Waals surface area contributed by atoms with E-state index in [1.54, 1.807) is 31.2 Å². The number of amides is 1. The molecule has 0 unspecified atom stereocenters. The number of aryl methyl sites for hydroxylation is 1. The molecule has 2 N–H and O–H groups in total. The number of aromatic amines is 1. The third-order valence-corrected chi connectivity index (χ3v) is 2.25. The van der Waals surface area contributed by atoms with Crippen molar-refractivity contribution in [3.05, 3.63) is 58.0 Å². The average molecular weight is 229 g/mol. The van der Waals surface area contributed by atoms with Crippen LogP contribution in [0.5, 0.6) is 0 Å². The number of hydrogen-bond donors (Lipinski definition) is 2. The minimum atomic E-state index is -0.308. The van der Waals surface area contributed by atoms with Crippen LogP contribution in [0.2, 0.25) is 0 Å². The van der Waals surface area contributed by atoms with E-state index in [0.717, 1.165) is 0 Å². The fourth-order valence-corrected chi connectivity index (χ4v) is 1.29.